The summed E-state index contributed by atoms with van der Waals surface area (Å²) < 4.78 is 29.0. The molecule has 6 rings (SSSR count). The minimum absolute atomic E-state index is 0.0928. The highest BCUT2D eigenvalue weighted by atomic mass is 32.1. The van der Waals surface area contributed by atoms with Crippen LogP contribution in [0.25, 0.3) is 55.9 Å². The molecule has 50 heavy (non-hydrogen) atoms. The third-order valence-electron chi connectivity index (χ3n) is 6.72. The number of hydrogen-bond donors (Lipinski definition) is 2. The molecule has 16 heteroatoms. The molecule has 0 saturated heterocycles. The number of oxazole rings is 3. The monoisotopic (exact) mass is 718 g/mol. The predicted molar refractivity (Wildman–Crippen MR) is 185 cm³/mol. The zero-order valence-electron chi connectivity index (χ0n) is 28.2. The highest BCUT2D eigenvalue weighted by Gasteiger charge is 2.32. The molecule has 0 aliphatic rings. The zero-order valence-corrected chi connectivity index (χ0v) is 29.8. The Kier molecular flexibility index (Phi) is 9.44. The molecule has 260 valence electrons. The van der Waals surface area contributed by atoms with Gasteiger partial charge < -0.3 is 33.1 Å². The molecule has 5 aromatic heterocycles. The van der Waals surface area contributed by atoms with Crippen LogP contribution >= 0.6 is 22.7 Å². The van der Waals surface area contributed by atoms with E-state index >= 15 is 0 Å². The van der Waals surface area contributed by atoms with Crippen molar-refractivity contribution in [1.82, 2.24) is 30.2 Å². The van der Waals surface area contributed by atoms with Crippen molar-refractivity contribution in [2.45, 2.75) is 71.8 Å². The first kappa shape index (κ1) is 34.7. The average Bonchev–Trinajstić information content (AvgIpc) is 3.86. The summed E-state index contributed by atoms with van der Waals surface area (Å²) in [5, 5.41) is 17.2. The van der Waals surface area contributed by atoms with Gasteiger partial charge in [-0.2, -0.15) is 0 Å². The van der Waals surface area contributed by atoms with Crippen LogP contribution in [-0.2, 0) is 9.47 Å². The van der Waals surface area contributed by atoms with Gasteiger partial charge in [-0.1, -0.05) is 30.3 Å². The fourth-order valence-electron chi connectivity index (χ4n) is 4.80. The lowest BCUT2D eigenvalue weighted by atomic mass is 10.1. The van der Waals surface area contributed by atoms with Gasteiger partial charge in [0.05, 0.1) is 11.7 Å². The highest BCUT2D eigenvalue weighted by Crippen LogP contribution is 2.36. The maximum atomic E-state index is 12.7. The maximum Gasteiger partial charge on any atom is 0.408 e. The normalized spacial score (nSPS) is 13.3. The third kappa shape index (κ3) is 7.98. The van der Waals surface area contributed by atoms with E-state index in [4.69, 9.17) is 27.7 Å². The Labute approximate surface area is 294 Å². The fraction of sp³-hybridized carbons (Fsp3) is 0.324. The van der Waals surface area contributed by atoms with Crippen LogP contribution in [0, 0.1) is 0 Å². The third-order valence-corrected chi connectivity index (χ3v) is 8.45. The second-order valence-electron chi connectivity index (χ2n) is 13.1. The number of hydrogen-bond acceptors (Lipinski definition) is 14. The molecule has 0 aliphatic carbocycles. The molecule has 0 saturated carbocycles. The van der Waals surface area contributed by atoms with E-state index in [1.165, 1.54) is 35.2 Å². The Hall–Kier alpha value is -5.19. The average molecular weight is 719 g/mol. The van der Waals surface area contributed by atoms with E-state index in [-0.39, 0.29) is 29.1 Å². The number of alkyl carbamates (subject to hydrolysis) is 1. The molecule has 0 fully saturated rings. The van der Waals surface area contributed by atoms with Gasteiger partial charge in [-0.3, -0.25) is 0 Å². The molecule has 5 heterocycles. The van der Waals surface area contributed by atoms with Gasteiger partial charge >= 0.3 is 12.1 Å². The van der Waals surface area contributed by atoms with E-state index in [1.54, 1.807) is 50.4 Å². The number of carbonyl (C=O) groups is 2. The number of amides is 1. The van der Waals surface area contributed by atoms with Gasteiger partial charge in [0.1, 0.15) is 51.3 Å². The van der Waals surface area contributed by atoms with Crippen molar-refractivity contribution in [3.63, 3.8) is 0 Å². The van der Waals surface area contributed by atoms with E-state index in [9.17, 15) is 14.7 Å². The lowest BCUT2D eigenvalue weighted by Gasteiger charge is -2.30. The van der Waals surface area contributed by atoms with Crippen LogP contribution in [0.4, 0.5) is 4.79 Å². The Bertz CT molecular complexity index is 2120. The second kappa shape index (κ2) is 13.6. The largest absolute Gasteiger partial charge is 0.476 e. The Balaban J connectivity index is 1.20. The number of aromatic nitrogens is 5. The Morgan fingerprint density at radius 2 is 1.46 bits per heavy atom. The van der Waals surface area contributed by atoms with E-state index in [0.29, 0.717) is 38.4 Å². The quantitative estimate of drug-likeness (QED) is 0.138. The van der Waals surface area contributed by atoms with Crippen LogP contribution in [0.5, 0.6) is 0 Å². The van der Waals surface area contributed by atoms with Gasteiger partial charge in [-0.05, 0) is 48.5 Å². The van der Waals surface area contributed by atoms with Gasteiger partial charge in [0, 0.05) is 16.3 Å². The van der Waals surface area contributed by atoms with E-state index in [1.807, 2.05) is 39.1 Å². The zero-order chi connectivity index (χ0) is 35.8. The Morgan fingerprint density at radius 3 is 2.14 bits per heavy atom. The number of nitrogens with one attached hydrogen (secondary N) is 1. The second-order valence-corrected chi connectivity index (χ2v) is 14.8. The van der Waals surface area contributed by atoms with Crippen molar-refractivity contribution >= 4 is 34.7 Å². The molecule has 0 unspecified atom stereocenters. The first-order valence-electron chi connectivity index (χ1n) is 15.4. The summed E-state index contributed by atoms with van der Waals surface area (Å²) >= 11 is 2.66. The summed E-state index contributed by atoms with van der Waals surface area (Å²) in [6, 6.07) is 8.14. The first-order chi connectivity index (χ1) is 23.6. The van der Waals surface area contributed by atoms with Gasteiger partial charge in [0.2, 0.25) is 17.7 Å². The number of nitrogens with zero attached hydrogens (tertiary/aromatic N) is 5. The molecular weight excluding hydrogens is 685 g/mol. The van der Waals surface area contributed by atoms with Crippen molar-refractivity contribution in [2.75, 3.05) is 0 Å². The molecule has 2 N–H and O–H groups in total. The summed E-state index contributed by atoms with van der Waals surface area (Å²) in [6.45, 7) is 12.9. The summed E-state index contributed by atoms with van der Waals surface area (Å²) in [6.07, 6.45) is 1.69. The van der Waals surface area contributed by atoms with Gasteiger partial charge in [-0.15, -0.1) is 22.7 Å². The molecule has 0 radical (unpaired) electrons. The molecule has 1 amide bonds. The molecule has 0 spiro atoms. The summed E-state index contributed by atoms with van der Waals surface area (Å²) in [5.74, 6) is -0.571. The van der Waals surface area contributed by atoms with Gasteiger partial charge in [0.15, 0.2) is 17.1 Å². The van der Waals surface area contributed by atoms with Crippen LogP contribution in [-0.4, -0.2) is 59.4 Å². The molecular formula is C34H34N6O8S2. The summed E-state index contributed by atoms with van der Waals surface area (Å²) in [4.78, 5) is 47.2. The molecule has 14 nitrogen and oxygen atoms in total. The van der Waals surface area contributed by atoms with Crippen LogP contribution in [0.2, 0.25) is 0 Å². The number of benzene rings is 1. The topological polar surface area (TPSA) is 189 Å². The van der Waals surface area contributed by atoms with E-state index in [2.05, 4.69) is 25.3 Å². The lowest BCUT2D eigenvalue weighted by molar-refractivity contribution is -0.0710. The number of carboxylic acids is 1. The van der Waals surface area contributed by atoms with E-state index in [0.717, 1.165) is 0 Å². The molecule has 0 aliphatic heterocycles. The Morgan fingerprint density at radius 1 is 0.800 bits per heavy atom. The van der Waals surface area contributed by atoms with Crippen molar-refractivity contribution in [3.05, 3.63) is 65.2 Å². The molecule has 6 aromatic rings. The number of ether oxygens (including phenoxy) is 2. The number of aromatic carboxylic acids is 1. The summed E-state index contributed by atoms with van der Waals surface area (Å²) in [5.41, 5.74) is 0.955. The number of thiazole rings is 2. The molecule has 0 bridgehead atoms. The first-order valence-corrected chi connectivity index (χ1v) is 17.2. The van der Waals surface area contributed by atoms with Crippen LogP contribution in [0.1, 0.15) is 70.9 Å². The highest BCUT2D eigenvalue weighted by molar-refractivity contribution is 7.15. The number of carbonyl (C=O) groups excluding carboxylic acids is 1. The van der Waals surface area contributed by atoms with Crippen molar-refractivity contribution < 1.29 is 37.4 Å². The molecule has 1 aromatic carbocycles. The minimum atomic E-state index is -1.20. The van der Waals surface area contributed by atoms with Crippen molar-refractivity contribution in [1.29, 1.82) is 0 Å². The van der Waals surface area contributed by atoms with E-state index < -0.39 is 35.4 Å². The van der Waals surface area contributed by atoms with Crippen LogP contribution in [0.15, 0.2) is 66.9 Å². The number of carboxylic acid groups (broad SMARTS) is 1. The maximum absolute atomic E-state index is 12.7. The predicted octanol–water partition coefficient (Wildman–Crippen LogP) is 8.37. The standard InChI is InChI=1S/C34H34N6O8S2/c1-17(47-33(2,3)4)23(40-32(43)48-34(5,6)7)28-35-19(13-45-28)26-36-20(14-44-26)29-38-22(16-50-29)30-37-21(15-49-30)27-39-24(31(41)42)25(46-27)18-11-9-8-10-12-18/h8-17,23H,1-7H3,(H,40,43)(H,41,42)/t17-,23+/m1/s1. The number of rotatable bonds is 10. The lowest BCUT2D eigenvalue weighted by Crippen LogP contribution is -2.42. The molecule has 2 atom stereocenters. The smallest absolute Gasteiger partial charge is 0.408 e. The summed E-state index contributed by atoms with van der Waals surface area (Å²) in [7, 11) is 0. The van der Waals surface area contributed by atoms with Gasteiger partial charge in [-0.25, -0.2) is 34.5 Å². The van der Waals surface area contributed by atoms with Crippen molar-refractivity contribution in [3.8, 4) is 55.9 Å². The van der Waals surface area contributed by atoms with Gasteiger partial charge in [0.25, 0.3) is 0 Å². The minimum Gasteiger partial charge on any atom is -0.476 e. The SMILES string of the molecule is C[C@@H](OC(C)(C)C)[C@H](NC(=O)OC(C)(C)C)c1nc(-c2nc(-c3nc(-c4nc(-c5nc(C(=O)O)c(-c6ccccc6)o5)cs4)cs3)co2)co1. The fourth-order valence-corrected chi connectivity index (χ4v) is 6.38. The van der Waals surface area contributed by atoms with Crippen LogP contribution < -0.4 is 5.32 Å². The van der Waals surface area contributed by atoms with Crippen LogP contribution in [0.3, 0.4) is 0 Å². The van der Waals surface area contributed by atoms with Crippen molar-refractivity contribution in [2.24, 2.45) is 0 Å².